The molecule has 9 heteroatoms. The first kappa shape index (κ1) is 20.9. The zero-order valence-electron chi connectivity index (χ0n) is 15.5. The highest BCUT2D eigenvalue weighted by molar-refractivity contribution is 9.10. The number of benzene rings is 2. The SMILES string of the molecule is Cc1nc(-c2ccccc2)sc1C(=O)NNC(=O)C(C)Oc1ccc(F)cc1Br. The van der Waals surface area contributed by atoms with E-state index in [9.17, 15) is 14.0 Å². The van der Waals surface area contributed by atoms with Gasteiger partial charge in [0, 0.05) is 5.56 Å². The third-order valence-electron chi connectivity index (χ3n) is 3.89. The summed E-state index contributed by atoms with van der Waals surface area (Å²) in [4.78, 5) is 29.5. The number of hydrogen-bond donors (Lipinski definition) is 2. The van der Waals surface area contributed by atoms with Crippen LogP contribution < -0.4 is 15.6 Å². The largest absolute Gasteiger partial charge is 0.480 e. The van der Waals surface area contributed by atoms with E-state index in [1.165, 1.54) is 36.5 Å². The van der Waals surface area contributed by atoms with Crippen LogP contribution in [0.25, 0.3) is 10.6 Å². The molecule has 6 nitrogen and oxygen atoms in total. The molecule has 0 bridgehead atoms. The molecule has 1 unspecified atom stereocenters. The quantitative estimate of drug-likeness (QED) is 0.538. The van der Waals surface area contributed by atoms with Crippen LogP contribution in [0.15, 0.2) is 53.0 Å². The lowest BCUT2D eigenvalue weighted by atomic mass is 10.2. The van der Waals surface area contributed by atoms with E-state index in [0.717, 1.165) is 10.6 Å². The van der Waals surface area contributed by atoms with Gasteiger partial charge in [-0.3, -0.25) is 20.4 Å². The summed E-state index contributed by atoms with van der Waals surface area (Å²) < 4.78 is 19.0. The lowest BCUT2D eigenvalue weighted by molar-refractivity contribution is -0.128. The van der Waals surface area contributed by atoms with E-state index >= 15 is 0 Å². The Morgan fingerprint density at radius 1 is 1.17 bits per heavy atom. The van der Waals surface area contributed by atoms with Crippen LogP contribution in [-0.4, -0.2) is 22.9 Å². The van der Waals surface area contributed by atoms with Crippen LogP contribution in [0, 0.1) is 12.7 Å². The van der Waals surface area contributed by atoms with Crippen molar-refractivity contribution in [3.63, 3.8) is 0 Å². The van der Waals surface area contributed by atoms with Gasteiger partial charge in [0.25, 0.3) is 11.8 Å². The second kappa shape index (κ2) is 9.15. The molecule has 1 heterocycles. The Hall–Kier alpha value is -2.78. The van der Waals surface area contributed by atoms with Crippen molar-refractivity contribution in [1.29, 1.82) is 0 Å². The maximum atomic E-state index is 13.1. The van der Waals surface area contributed by atoms with Gasteiger partial charge in [-0.25, -0.2) is 9.37 Å². The topological polar surface area (TPSA) is 80.3 Å². The van der Waals surface area contributed by atoms with Crippen LogP contribution in [0.3, 0.4) is 0 Å². The molecule has 0 aliphatic carbocycles. The predicted molar refractivity (Wildman–Crippen MR) is 112 cm³/mol. The van der Waals surface area contributed by atoms with Crippen LogP contribution >= 0.6 is 27.3 Å². The van der Waals surface area contributed by atoms with Crippen LogP contribution in [0.4, 0.5) is 4.39 Å². The van der Waals surface area contributed by atoms with E-state index in [4.69, 9.17) is 4.74 Å². The lowest BCUT2D eigenvalue weighted by Crippen LogP contribution is -2.47. The van der Waals surface area contributed by atoms with Gasteiger partial charge >= 0.3 is 0 Å². The predicted octanol–water partition coefficient (Wildman–Crippen LogP) is 4.25. The van der Waals surface area contributed by atoms with E-state index in [1.54, 1.807) is 6.92 Å². The number of halogens is 2. The Balaban J connectivity index is 1.60. The zero-order chi connectivity index (χ0) is 21.0. The molecule has 0 saturated heterocycles. The minimum absolute atomic E-state index is 0.311. The van der Waals surface area contributed by atoms with Gasteiger partial charge in [-0.05, 0) is 48.0 Å². The number of ether oxygens (including phenoxy) is 1. The Labute approximate surface area is 179 Å². The first-order valence-electron chi connectivity index (χ1n) is 8.60. The lowest BCUT2D eigenvalue weighted by Gasteiger charge is -2.16. The number of thiazole rings is 1. The van der Waals surface area contributed by atoms with E-state index in [2.05, 4.69) is 31.8 Å². The van der Waals surface area contributed by atoms with E-state index in [-0.39, 0.29) is 0 Å². The minimum Gasteiger partial charge on any atom is -0.480 e. The van der Waals surface area contributed by atoms with Crippen molar-refractivity contribution in [3.05, 3.63) is 69.4 Å². The third-order valence-corrected chi connectivity index (χ3v) is 5.71. The summed E-state index contributed by atoms with van der Waals surface area (Å²) >= 11 is 4.41. The maximum Gasteiger partial charge on any atom is 0.281 e. The summed E-state index contributed by atoms with van der Waals surface area (Å²) in [6, 6.07) is 13.4. The molecule has 1 aromatic heterocycles. The molecule has 150 valence electrons. The summed E-state index contributed by atoms with van der Waals surface area (Å²) in [6.07, 6.45) is -0.917. The summed E-state index contributed by atoms with van der Waals surface area (Å²) in [5.74, 6) is -1.14. The van der Waals surface area contributed by atoms with Gasteiger partial charge in [0.15, 0.2) is 6.10 Å². The molecule has 0 aliphatic rings. The molecule has 3 rings (SSSR count). The van der Waals surface area contributed by atoms with Crippen molar-refractivity contribution < 1.29 is 18.7 Å². The smallest absolute Gasteiger partial charge is 0.281 e. The van der Waals surface area contributed by atoms with Gasteiger partial charge in [-0.1, -0.05) is 30.3 Å². The molecule has 3 aromatic rings. The van der Waals surface area contributed by atoms with Crippen molar-refractivity contribution >= 4 is 39.1 Å². The number of hydrogen-bond acceptors (Lipinski definition) is 5. The van der Waals surface area contributed by atoms with Crippen molar-refractivity contribution in [2.24, 2.45) is 0 Å². The number of nitrogens with zero attached hydrogens (tertiary/aromatic N) is 1. The second-order valence-corrected chi connectivity index (χ2v) is 7.93. The average Bonchev–Trinajstić information content (AvgIpc) is 3.10. The zero-order valence-corrected chi connectivity index (χ0v) is 17.9. The van der Waals surface area contributed by atoms with Crippen molar-refractivity contribution in [2.45, 2.75) is 20.0 Å². The Bertz CT molecular complexity index is 1040. The van der Waals surface area contributed by atoms with Gasteiger partial charge in [0.2, 0.25) is 0 Å². The molecule has 0 saturated carbocycles. The highest BCUT2D eigenvalue weighted by Crippen LogP contribution is 2.28. The fourth-order valence-corrected chi connectivity index (χ4v) is 3.81. The molecule has 2 amide bonds. The molecular weight excluding hydrogens is 461 g/mol. The van der Waals surface area contributed by atoms with Crippen LogP contribution in [-0.2, 0) is 4.79 Å². The Morgan fingerprint density at radius 3 is 2.59 bits per heavy atom. The fraction of sp³-hybridized carbons (Fsp3) is 0.150. The average molecular weight is 478 g/mol. The molecule has 1 atom stereocenters. The van der Waals surface area contributed by atoms with E-state index in [0.29, 0.717) is 20.8 Å². The van der Waals surface area contributed by atoms with Crippen LogP contribution in [0.2, 0.25) is 0 Å². The molecular formula is C20H17BrFN3O3S. The summed E-state index contributed by atoms with van der Waals surface area (Å²) in [5, 5.41) is 0.720. The maximum absolute atomic E-state index is 13.1. The number of aromatic nitrogens is 1. The Morgan fingerprint density at radius 2 is 1.90 bits per heavy atom. The second-order valence-electron chi connectivity index (χ2n) is 6.08. The molecule has 0 aliphatic heterocycles. The van der Waals surface area contributed by atoms with Gasteiger partial charge < -0.3 is 4.74 Å². The molecule has 0 radical (unpaired) electrons. The number of nitrogens with one attached hydrogen (secondary N) is 2. The normalized spacial score (nSPS) is 11.6. The number of carbonyl (C=O) groups is 2. The van der Waals surface area contributed by atoms with E-state index in [1.807, 2.05) is 30.3 Å². The van der Waals surface area contributed by atoms with Crippen LogP contribution in [0.5, 0.6) is 5.75 Å². The van der Waals surface area contributed by atoms with E-state index < -0.39 is 23.7 Å². The highest BCUT2D eigenvalue weighted by atomic mass is 79.9. The molecule has 29 heavy (non-hydrogen) atoms. The van der Waals surface area contributed by atoms with Gasteiger partial charge in [-0.2, -0.15) is 0 Å². The first-order valence-corrected chi connectivity index (χ1v) is 10.2. The van der Waals surface area contributed by atoms with Gasteiger partial charge in [0.05, 0.1) is 10.2 Å². The summed E-state index contributed by atoms with van der Waals surface area (Å²) in [6.45, 7) is 3.25. The number of aryl methyl sites for hydroxylation is 1. The summed E-state index contributed by atoms with van der Waals surface area (Å²) in [7, 11) is 0. The number of carbonyl (C=O) groups excluding carboxylic acids is 2. The van der Waals surface area contributed by atoms with Gasteiger partial charge in [-0.15, -0.1) is 11.3 Å². The summed E-state index contributed by atoms with van der Waals surface area (Å²) in [5.41, 5.74) is 6.19. The standard InChI is InChI=1S/C20H17BrFN3O3S/c1-11-17(29-20(23-11)13-6-4-3-5-7-13)19(27)25-24-18(26)12(2)28-16-9-8-14(22)10-15(16)21/h3-10,12H,1-2H3,(H,24,26)(H,25,27). The van der Waals surface area contributed by atoms with Crippen molar-refractivity contribution in [3.8, 4) is 16.3 Å². The third kappa shape index (κ3) is 5.18. The minimum atomic E-state index is -0.917. The number of amides is 2. The van der Waals surface area contributed by atoms with Crippen molar-refractivity contribution in [1.82, 2.24) is 15.8 Å². The van der Waals surface area contributed by atoms with Gasteiger partial charge in [0.1, 0.15) is 21.5 Å². The first-order chi connectivity index (χ1) is 13.8. The molecule has 0 spiro atoms. The molecule has 2 N–H and O–H groups in total. The molecule has 0 fully saturated rings. The highest BCUT2D eigenvalue weighted by Gasteiger charge is 2.20. The molecule has 2 aromatic carbocycles. The fourth-order valence-electron chi connectivity index (χ4n) is 2.40. The Kier molecular flexibility index (Phi) is 6.60. The van der Waals surface area contributed by atoms with Crippen LogP contribution in [0.1, 0.15) is 22.3 Å². The number of hydrazine groups is 1. The monoisotopic (exact) mass is 477 g/mol. The number of rotatable bonds is 5. The van der Waals surface area contributed by atoms with Crippen molar-refractivity contribution in [2.75, 3.05) is 0 Å².